The van der Waals surface area contributed by atoms with Crippen LogP contribution in [-0.2, 0) is 21.3 Å². The molecule has 2 amide bonds. The Morgan fingerprint density at radius 2 is 1.86 bits per heavy atom. The summed E-state index contributed by atoms with van der Waals surface area (Å²) >= 11 is 12.6. The zero-order chi connectivity index (χ0) is 29.7. The quantitative estimate of drug-likeness (QED) is 0.310. The topological polar surface area (TPSA) is 117 Å². The standard InChI is InChI=1S/C32H34Cl2N4O3S.H2O/c1-18-29(35-19(2)30(18)32(40)38-13-5-6-21(38)16-37(3)20-9-10-20)15-24-23-14-22(11-12-28(23)36-31(24)39)42(41)17-25-26(33)7-4-8-27(25)34;/h4,7-8,11-12,14-15,20-21,35H,5-6,9-10,13,16-17H2,1-3H3,(H,36,39);1H2/b24-15-;/t21-,42?;/m0./s1. The second-order valence-corrected chi connectivity index (χ2v) is 13.8. The Balaban J connectivity index is 0.00000368. The molecule has 3 aliphatic rings. The third-order valence-corrected chi connectivity index (χ3v) is 10.7. The molecule has 43 heavy (non-hydrogen) atoms. The zero-order valence-corrected chi connectivity index (χ0v) is 26.8. The Labute approximate surface area is 264 Å². The molecule has 0 spiro atoms. The van der Waals surface area contributed by atoms with Crippen LogP contribution in [-0.4, -0.2) is 68.5 Å². The van der Waals surface area contributed by atoms with Crippen LogP contribution >= 0.6 is 23.2 Å². The van der Waals surface area contributed by atoms with Gasteiger partial charge in [0, 0.05) is 68.3 Å². The number of likely N-dealkylation sites (tertiary alicyclic amines) is 1. The molecular weight excluding hydrogens is 607 g/mol. The number of aromatic nitrogens is 1. The molecule has 228 valence electrons. The number of rotatable bonds is 8. The number of H-pyrrole nitrogens is 1. The van der Waals surface area contributed by atoms with Gasteiger partial charge < -0.3 is 25.6 Å². The third kappa shape index (κ3) is 6.19. The van der Waals surface area contributed by atoms with Crippen molar-refractivity contribution in [3.63, 3.8) is 0 Å². The summed E-state index contributed by atoms with van der Waals surface area (Å²) in [5.41, 5.74) is 5.39. The number of benzene rings is 2. The predicted octanol–water partition coefficient (Wildman–Crippen LogP) is 5.61. The Morgan fingerprint density at radius 1 is 1.14 bits per heavy atom. The van der Waals surface area contributed by atoms with Crippen molar-refractivity contribution in [3.05, 3.63) is 80.1 Å². The number of hydrogen-bond donors (Lipinski definition) is 2. The summed E-state index contributed by atoms with van der Waals surface area (Å²) in [4.78, 5) is 35.2. The third-order valence-electron chi connectivity index (χ3n) is 8.66. The Bertz CT molecular complexity index is 1630. The SMILES string of the molecule is Cc1[nH]c(/C=C2\C(=O)Nc3ccc(S(=O)Cc4c(Cl)cccc4Cl)cc32)c(C)c1C(=O)N1CCC[C@H]1CN(C)C1CC1.O. The van der Waals surface area contributed by atoms with Crippen molar-refractivity contribution >= 4 is 63.2 Å². The maximum Gasteiger partial charge on any atom is 0.256 e. The first-order chi connectivity index (χ1) is 20.1. The molecule has 11 heteroatoms. The number of carbonyl (C=O) groups is 2. The van der Waals surface area contributed by atoms with Gasteiger partial charge in [-0.1, -0.05) is 29.3 Å². The van der Waals surface area contributed by atoms with Gasteiger partial charge in [0.1, 0.15) is 0 Å². The number of amides is 2. The van der Waals surface area contributed by atoms with Crippen LogP contribution in [0, 0.1) is 13.8 Å². The lowest BCUT2D eigenvalue weighted by Crippen LogP contribution is -2.43. The average molecular weight is 644 g/mol. The molecule has 8 nitrogen and oxygen atoms in total. The van der Waals surface area contributed by atoms with E-state index in [9.17, 15) is 13.8 Å². The van der Waals surface area contributed by atoms with E-state index < -0.39 is 10.8 Å². The second kappa shape index (κ2) is 12.6. The summed E-state index contributed by atoms with van der Waals surface area (Å²) in [5, 5.41) is 3.84. The van der Waals surface area contributed by atoms with Gasteiger partial charge in [-0.25, -0.2) is 0 Å². The van der Waals surface area contributed by atoms with Crippen molar-refractivity contribution in [2.45, 2.75) is 62.3 Å². The minimum absolute atomic E-state index is 0. The molecule has 2 aromatic carbocycles. The van der Waals surface area contributed by atoms with Crippen LogP contribution in [0.2, 0.25) is 10.0 Å². The molecule has 4 N–H and O–H groups in total. The van der Waals surface area contributed by atoms with Crippen LogP contribution in [0.3, 0.4) is 0 Å². The molecule has 2 atom stereocenters. The van der Waals surface area contributed by atoms with E-state index in [-0.39, 0.29) is 29.1 Å². The van der Waals surface area contributed by atoms with Crippen LogP contribution in [0.15, 0.2) is 41.3 Å². The molecule has 1 saturated heterocycles. The van der Waals surface area contributed by atoms with E-state index in [4.69, 9.17) is 23.2 Å². The van der Waals surface area contributed by atoms with E-state index >= 15 is 0 Å². The summed E-state index contributed by atoms with van der Waals surface area (Å²) in [5.74, 6) is -0.0411. The highest BCUT2D eigenvalue weighted by Gasteiger charge is 2.35. The molecule has 0 radical (unpaired) electrons. The lowest BCUT2D eigenvalue weighted by Gasteiger charge is -2.29. The van der Waals surface area contributed by atoms with Gasteiger partial charge in [0.15, 0.2) is 0 Å². The van der Waals surface area contributed by atoms with E-state index in [0.717, 1.165) is 37.2 Å². The molecule has 6 rings (SSSR count). The van der Waals surface area contributed by atoms with Gasteiger partial charge in [-0.3, -0.25) is 13.8 Å². The van der Waals surface area contributed by atoms with Crippen molar-refractivity contribution in [2.75, 3.05) is 25.5 Å². The highest BCUT2D eigenvalue weighted by atomic mass is 35.5. The number of nitrogens with zero attached hydrogens (tertiary/aromatic N) is 2. The fourth-order valence-corrected chi connectivity index (χ4v) is 8.05. The molecule has 1 saturated carbocycles. The van der Waals surface area contributed by atoms with Crippen molar-refractivity contribution in [1.82, 2.24) is 14.8 Å². The molecule has 1 aliphatic carbocycles. The number of halogens is 2. The van der Waals surface area contributed by atoms with Crippen LogP contribution in [0.4, 0.5) is 5.69 Å². The highest BCUT2D eigenvalue weighted by molar-refractivity contribution is 7.84. The van der Waals surface area contributed by atoms with Crippen LogP contribution in [0.1, 0.15) is 64.1 Å². The number of aromatic amines is 1. The number of nitrogens with one attached hydrogen (secondary N) is 2. The first-order valence-corrected chi connectivity index (χ1v) is 16.4. The Morgan fingerprint density at radius 3 is 2.56 bits per heavy atom. The van der Waals surface area contributed by atoms with E-state index in [1.165, 1.54) is 12.8 Å². The maximum absolute atomic E-state index is 13.8. The van der Waals surface area contributed by atoms with Crippen molar-refractivity contribution in [1.29, 1.82) is 0 Å². The maximum atomic E-state index is 13.8. The summed E-state index contributed by atoms with van der Waals surface area (Å²) in [6.45, 7) is 5.50. The van der Waals surface area contributed by atoms with E-state index in [1.54, 1.807) is 42.5 Å². The van der Waals surface area contributed by atoms with Gasteiger partial charge in [-0.05, 0) is 88.5 Å². The minimum atomic E-state index is -1.44. The molecular formula is C32H36Cl2N4O4S. The minimum Gasteiger partial charge on any atom is -0.412 e. The normalized spacial score (nSPS) is 19.5. The molecule has 3 heterocycles. The summed E-state index contributed by atoms with van der Waals surface area (Å²) in [7, 11) is 0.724. The number of carbonyl (C=O) groups excluding carboxylic acids is 2. The van der Waals surface area contributed by atoms with Gasteiger partial charge in [-0.15, -0.1) is 0 Å². The van der Waals surface area contributed by atoms with E-state index in [1.807, 2.05) is 18.7 Å². The number of fused-ring (bicyclic) bond motifs is 1. The largest absolute Gasteiger partial charge is 0.412 e. The van der Waals surface area contributed by atoms with Gasteiger partial charge in [0.2, 0.25) is 0 Å². The molecule has 0 bridgehead atoms. The molecule has 1 unspecified atom stereocenters. The van der Waals surface area contributed by atoms with Crippen molar-refractivity contribution < 1.29 is 19.3 Å². The number of likely N-dealkylation sites (N-methyl/N-ethyl adjacent to an activating group) is 1. The fourth-order valence-electron chi connectivity index (χ4n) is 6.15. The van der Waals surface area contributed by atoms with E-state index in [2.05, 4.69) is 22.2 Å². The smallest absolute Gasteiger partial charge is 0.256 e. The van der Waals surface area contributed by atoms with Gasteiger partial charge in [0.25, 0.3) is 11.8 Å². The Kier molecular flexibility index (Phi) is 9.20. The van der Waals surface area contributed by atoms with Crippen LogP contribution in [0.25, 0.3) is 11.6 Å². The van der Waals surface area contributed by atoms with Crippen LogP contribution in [0.5, 0.6) is 0 Å². The number of aryl methyl sites for hydroxylation is 1. The highest BCUT2D eigenvalue weighted by Crippen LogP contribution is 2.37. The summed E-state index contributed by atoms with van der Waals surface area (Å²) in [6, 6.07) is 11.4. The fraction of sp³-hybridized carbons (Fsp3) is 0.375. The first kappa shape index (κ1) is 31.5. The molecule has 1 aromatic heterocycles. The predicted molar refractivity (Wildman–Crippen MR) is 173 cm³/mol. The van der Waals surface area contributed by atoms with Gasteiger partial charge in [-0.2, -0.15) is 0 Å². The Hall–Kier alpha value is -2.95. The second-order valence-electron chi connectivity index (χ2n) is 11.5. The lowest BCUT2D eigenvalue weighted by molar-refractivity contribution is -0.110. The first-order valence-electron chi connectivity index (χ1n) is 14.3. The summed E-state index contributed by atoms with van der Waals surface area (Å²) < 4.78 is 13.3. The lowest BCUT2D eigenvalue weighted by atomic mass is 10.0. The van der Waals surface area contributed by atoms with Gasteiger partial charge >= 0.3 is 0 Å². The zero-order valence-electron chi connectivity index (χ0n) is 24.4. The van der Waals surface area contributed by atoms with Crippen LogP contribution < -0.4 is 5.32 Å². The monoisotopic (exact) mass is 642 g/mol. The molecule has 2 aliphatic heterocycles. The van der Waals surface area contributed by atoms with Crippen molar-refractivity contribution in [3.8, 4) is 0 Å². The van der Waals surface area contributed by atoms with Crippen molar-refractivity contribution in [2.24, 2.45) is 0 Å². The van der Waals surface area contributed by atoms with Gasteiger partial charge in [0.05, 0.1) is 27.7 Å². The number of anilines is 1. The molecule has 3 aromatic rings. The van der Waals surface area contributed by atoms with E-state index in [0.29, 0.717) is 54.6 Å². The number of hydrogen-bond acceptors (Lipinski definition) is 4. The summed E-state index contributed by atoms with van der Waals surface area (Å²) in [6.07, 6.45) is 6.31. The average Bonchev–Trinajstić information content (AvgIpc) is 3.55. The molecule has 2 fully saturated rings.